The maximum absolute atomic E-state index is 12.1. The number of carbonyl (C=O) groups excluding carboxylic acids is 1. The van der Waals surface area contributed by atoms with Crippen molar-refractivity contribution in [3.8, 4) is 0 Å². The second-order valence-electron chi connectivity index (χ2n) is 4.66. The largest absolute Gasteiger partial charge is 0.355 e. The van der Waals surface area contributed by atoms with Crippen LogP contribution in [0.5, 0.6) is 0 Å². The fourth-order valence-electron chi connectivity index (χ4n) is 1.84. The Morgan fingerprint density at radius 1 is 1.09 bits per heavy atom. The highest BCUT2D eigenvalue weighted by atomic mass is 79.9. The van der Waals surface area contributed by atoms with Crippen molar-refractivity contribution in [2.24, 2.45) is 0 Å². The molecule has 1 atom stereocenters. The van der Waals surface area contributed by atoms with Gasteiger partial charge in [-0.1, -0.05) is 39.7 Å². The molecule has 3 nitrogen and oxygen atoms in total. The third-order valence-electron chi connectivity index (χ3n) is 2.96. The van der Waals surface area contributed by atoms with Crippen LogP contribution in [-0.4, -0.2) is 22.4 Å². The summed E-state index contributed by atoms with van der Waals surface area (Å²) >= 11 is 9.14. The number of hydrogen-bond donors (Lipinski definition) is 1. The number of amides is 1. The Kier molecular flexibility index (Phi) is 6.61. The summed E-state index contributed by atoms with van der Waals surface area (Å²) < 4.78 is 13.0. The van der Waals surface area contributed by atoms with Gasteiger partial charge in [0.05, 0.1) is 17.2 Å². The molecule has 6 heteroatoms. The van der Waals surface area contributed by atoms with Gasteiger partial charge in [-0.3, -0.25) is 9.00 Å². The topological polar surface area (TPSA) is 46.2 Å². The molecule has 2 rings (SSSR count). The number of benzene rings is 2. The molecule has 0 saturated carbocycles. The van der Waals surface area contributed by atoms with Crippen molar-refractivity contribution in [1.29, 1.82) is 0 Å². The summed E-state index contributed by atoms with van der Waals surface area (Å²) in [6.07, 6.45) is 0.294. The summed E-state index contributed by atoms with van der Waals surface area (Å²) in [7, 11) is -1.11. The Bertz CT molecular complexity index is 659. The summed E-state index contributed by atoms with van der Waals surface area (Å²) in [6, 6.07) is 14.5. The van der Waals surface area contributed by atoms with E-state index < -0.39 is 10.8 Å². The van der Waals surface area contributed by atoms with Crippen LogP contribution in [0.3, 0.4) is 0 Å². The molecule has 0 fully saturated rings. The average molecular weight is 401 g/mol. The van der Waals surface area contributed by atoms with Crippen LogP contribution in [0.1, 0.15) is 5.56 Å². The van der Waals surface area contributed by atoms with Crippen molar-refractivity contribution in [3.63, 3.8) is 0 Å². The van der Waals surface area contributed by atoms with E-state index in [2.05, 4.69) is 21.2 Å². The Morgan fingerprint density at radius 2 is 1.73 bits per heavy atom. The van der Waals surface area contributed by atoms with E-state index in [1.807, 2.05) is 36.4 Å². The number of nitrogens with one attached hydrogen (secondary N) is 1. The molecule has 2 aromatic carbocycles. The minimum Gasteiger partial charge on any atom is -0.355 e. The quantitative estimate of drug-likeness (QED) is 0.806. The summed E-state index contributed by atoms with van der Waals surface area (Å²) in [5.74, 6) is 0.309. The highest BCUT2D eigenvalue weighted by molar-refractivity contribution is 9.10. The first-order valence-corrected chi connectivity index (χ1v) is 9.18. The molecule has 1 amide bonds. The van der Waals surface area contributed by atoms with Gasteiger partial charge >= 0.3 is 0 Å². The summed E-state index contributed by atoms with van der Waals surface area (Å²) in [6.45, 7) is 0.384. The first-order chi connectivity index (χ1) is 10.5. The molecule has 0 heterocycles. The second kappa shape index (κ2) is 8.46. The Labute approximate surface area is 145 Å². The predicted molar refractivity (Wildman–Crippen MR) is 93.6 cm³/mol. The molecule has 0 aliphatic heterocycles. The van der Waals surface area contributed by atoms with Gasteiger partial charge in [0.2, 0.25) is 5.91 Å². The molecule has 0 bridgehead atoms. The molecule has 0 unspecified atom stereocenters. The maximum atomic E-state index is 12.1. The van der Waals surface area contributed by atoms with Gasteiger partial charge < -0.3 is 5.32 Å². The fraction of sp³-hybridized carbons (Fsp3) is 0.188. The molecule has 0 aromatic heterocycles. The normalized spacial score (nSPS) is 11.9. The van der Waals surface area contributed by atoms with E-state index in [-0.39, 0.29) is 5.91 Å². The first-order valence-electron chi connectivity index (χ1n) is 6.69. The molecule has 2 aromatic rings. The third-order valence-corrected chi connectivity index (χ3v) is 5.12. The standard InChI is InChI=1S/C16H15BrClNO2S/c17-13-3-7-15(8-4-13)22(21)10-9-19-16(20)11-12-1-5-14(18)6-2-12/h1-8H,9-11H2,(H,19,20)/t22-/m0/s1. The van der Waals surface area contributed by atoms with E-state index in [0.717, 1.165) is 14.9 Å². The van der Waals surface area contributed by atoms with Crippen molar-refractivity contribution in [3.05, 3.63) is 63.6 Å². The lowest BCUT2D eigenvalue weighted by Gasteiger charge is -2.06. The smallest absolute Gasteiger partial charge is 0.224 e. The number of rotatable bonds is 6. The molecule has 116 valence electrons. The summed E-state index contributed by atoms with van der Waals surface area (Å²) in [5, 5.41) is 3.43. The van der Waals surface area contributed by atoms with Crippen LogP contribution in [0.2, 0.25) is 5.02 Å². The van der Waals surface area contributed by atoms with E-state index in [1.54, 1.807) is 12.1 Å². The fourth-order valence-corrected chi connectivity index (χ4v) is 3.19. The number of carbonyl (C=O) groups is 1. The average Bonchev–Trinajstić information content (AvgIpc) is 2.50. The zero-order valence-electron chi connectivity index (χ0n) is 11.7. The molecule has 1 N–H and O–H groups in total. The van der Waals surface area contributed by atoms with Crippen LogP contribution in [0.15, 0.2) is 57.9 Å². The SMILES string of the molecule is O=C(Cc1ccc(Cl)cc1)NCC[S@](=O)c1ccc(Br)cc1. The number of halogens is 2. The van der Waals surface area contributed by atoms with Crippen molar-refractivity contribution >= 4 is 44.2 Å². The molecule has 0 saturated heterocycles. The molecule has 0 aliphatic carbocycles. The lowest BCUT2D eigenvalue weighted by atomic mass is 10.1. The van der Waals surface area contributed by atoms with Crippen LogP contribution < -0.4 is 5.32 Å². The minimum atomic E-state index is -1.11. The van der Waals surface area contributed by atoms with Crippen molar-refractivity contribution < 1.29 is 9.00 Å². The monoisotopic (exact) mass is 399 g/mol. The molecule has 0 radical (unpaired) electrons. The minimum absolute atomic E-state index is 0.0878. The van der Waals surface area contributed by atoms with E-state index >= 15 is 0 Å². The van der Waals surface area contributed by atoms with E-state index in [1.165, 1.54) is 0 Å². The van der Waals surface area contributed by atoms with Gasteiger partial charge in [-0.05, 0) is 42.0 Å². The Morgan fingerprint density at radius 3 is 2.36 bits per heavy atom. The van der Waals surface area contributed by atoms with Gasteiger partial charge in [0, 0.05) is 26.7 Å². The van der Waals surface area contributed by atoms with Crippen LogP contribution in [0.4, 0.5) is 0 Å². The Hall–Kier alpha value is -1.17. The lowest BCUT2D eigenvalue weighted by Crippen LogP contribution is -2.29. The van der Waals surface area contributed by atoms with Crippen molar-refractivity contribution in [1.82, 2.24) is 5.32 Å². The van der Waals surface area contributed by atoms with Crippen LogP contribution in [0, 0.1) is 0 Å². The number of hydrogen-bond acceptors (Lipinski definition) is 2. The van der Waals surface area contributed by atoms with Gasteiger partial charge in [-0.2, -0.15) is 0 Å². The summed E-state index contributed by atoms with van der Waals surface area (Å²) in [5.41, 5.74) is 0.899. The molecule has 22 heavy (non-hydrogen) atoms. The summed E-state index contributed by atoms with van der Waals surface area (Å²) in [4.78, 5) is 12.6. The Balaban J connectivity index is 1.75. The van der Waals surface area contributed by atoms with Gasteiger partial charge in [-0.25, -0.2) is 0 Å². The molecular formula is C16H15BrClNO2S. The highest BCUT2D eigenvalue weighted by Gasteiger charge is 2.06. The van der Waals surface area contributed by atoms with Gasteiger partial charge in [0.25, 0.3) is 0 Å². The van der Waals surface area contributed by atoms with Gasteiger partial charge in [-0.15, -0.1) is 0 Å². The van der Waals surface area contributed by atoms with Gasteiger partial charge in [0.15, 0.2) is 0 Å². The van der Waals surface area contributed by atoms with E-state index in [4.69, 9.17) is 11.6 Å². The third kappa shape index (κ3) is 5.55. The zero-order valence-corrected chi connectivity index (χ0v) is 14.9. The first kappa shape index (κ1) is 17.2. The van der Waals surface area contributed by atoms with Crippen LogP contribution in [-0.2, 0) is 22.0 Å². The molecule has 0 aliphatic rings. The molecular weight excluding hydrogens is 386 g/mol. The van der Waals surface area contributed by atoms with E-state index in [9.17, 15) is 9.00 Å². The van der Waals surface area contributed by atoms with Crippen molar-refractivity contribution in [2.75, 3.05) is 12.3 Å². The lowest BCUT2D eigenvalue weighted by molar-refractivity contribution is -0.120. The van der Waals surface area contributed by atoms with Gasteiger partial charge in [0.1, 0.15) is 0 Å². The predicted octanol–water partition coefficient (Wildman–Crippen LogP) is 3.57. The van der Waals surface area contributed by atoms with Crippen LogP contribution >= 0.6 is 27.5 Å². The molecule has 0 spiro atoms. The maximum Gasteiger partial charge on any atom is 0.224 e. The zero-order chi connectivity index (χ0) is 15.9. The second-order valence-corrected chi connectivity index (χ2v) is 7.58. The van der Waals surface area contributed by atoms with E-state index in [0.29, 0.717) is 23.7 Å². The highest BCUT2D eigenvalue weighted by Crippen LogP contribution is 2.13. The van der Waals surface area contributed by atoms with Crippen LogP contribution in [0.25, 0.3) is 0 Å². The van der Waals surface area contributed by atoms with Crippen molar-refractivity contribution in [2.45, 2.75) is 11.3 Å².